The van der Waals surface area contributed by atoms with Crippen LogP contribution in [0.1, 0.15) is 25.3 Å². The molecule has 2 heteroatoms. The van der Waals surface area contributed by atoms with Gasteiger partial charge in [-0.3, -0.25) is 4.79 Å². The van der Waals surface area contributed by atoms with Gasteiger partial charge in [-0.15, -0.1) is 0 Å². The predicted octanol–water partition coefficient (Wildman–Crippen LogP) is 3.01. The Kier molecular flexibility index (Phi) is 2.58. The van der Waals surface area contributed by atoms with E-state index in [-0.39, 0.29) is 11.3 Å². The molecular formula is C16H17NO. The molecule has 0 radical (unpaired) electrons. The first-order valence-corrected chi connectivity index (χ1v) is 6.44. The maximum Gasteiger partial charge on any atom is 0.220 e. The molecule has 1 saturated heterocycles. The molecule has 1 N–H and O–H groups in total. The van der Waals surface area contributed by atoms with Gasteiger partial charge in [0.2, 0.25) is 5.91 Å². The topological polar surface area (TPSA) is 29.1 Å². The standard InChI is InChI=1S/C16H17NO/c1-16(10-9-15(18)17-11-16)14-8-4-6-12-5-2-3-7-13(12)14/h2-8H,9-11H2,1H3,(H,17,18). The van der Waals surface area contributed by atoms with Crippen LogP contribution in [0.15, 0.2) is 42.5 Å². The monoisotopic (exact) mass is 239 g/mol. The zero-order valence-electron chi connectivity index (χ0n) is 10.6. The van der Waals surface area contributed by atoms with Gasteiger partial charge >= 0.3 is 0 Å². The first-order chi connectivity index (χ1) is 8.69. The van der Waals surface area contributed by atoms with E-state index in [0.717, 1.165) is 13.0 Å². The van der Waals surface area contributed by atoms with Crippen molar-refractivity contribution in [3.05, 3.63) is 48.0 Å². The highest BCUT2D eigenvalue weighted by atomic mass is 16.1. The second-order valence-corrected chi connectivity index (χ2v) is 5.36. The van der Waals surface area contributed by atoms with Crippen LogP contribution in [0.2, 0.25) is 0 Å². The van der Waals surface area contributed by atoms with Crippen LogP contribution in [0.4, 0.5) is 0 Å². The van der Waals surface area contributed by atoms with Crippen molar-refractivity contribution in [3.8, 4) is 0 Å². The van der Waals surface area contributed by atoms with Crippen molar-refractivity contribution >= 4 is 16.7 Å². The van der Waals surface area contributed by atoms with Gasteiger partial charge in [-0.05, 0) is 22.8 Å². The average Bonchev–Trinajstić information content (AvgIpc) is 2.42. The van der Waals surface area contributed by atoms with Crippen molar-refractivity contribution in [2.24, 2.45) is 0 Å². The lowest BCUT2D eigenvalue weighted by Gasteiger charge is -2.35. The summed E-state index contributed by atoms with van der Waals surface area (Å²) >= 11 is 0. The fraction of sp³-hybridized carbons (Fsp3) is 0.312. The number of hydrogen-bond donors (Lipinski definition) is 1. The minimum atomic E-state index is 0.0504. The molecule has 0 saturated carbocycles. The minimum absolute atomic E-state index is 0.0504. The summed E-state index contributed by atoms with van der Waals surface area (Å²) in [4.78, 5) is 11.3. The van der Waals surface area contributed by atoms with Crippen LogP contribution < -0.4 is 5.32 Å². The lowest BCUT2D eigenvalue weighted by atomic mass is 9.74. The van der Waals surface area contributed by atoms with Crippen LogP contribution in [0, 0.1) is 0 Å². The van der Waals surface area contributed by atoms with E-state index in [0.29, 0.717) is 6.42 Å². The molecule has 0 aromatic heterocycles. The molecule has 2 aromatic carbocycles. The average molecular weight is 239 g/mol. The third kappa shape index (κ3) is 1.78. The number of hydrogen-bond acceptors (Lipinski definition) is 1. The summed E-state index contributed by atoms with van der Waals surface area (Å²) in [6.45, 7) is 2.98. The summed E-state index contributed by atoms with van der Waals surface area (Å²) in [7, 11) is 0. The molecule has 1 unspecified atom stereocenters. The summed E-state index contributed by atoms with van der Waals surface area (Å²) in [6, 6.07) is 14.9. The van der Waals surface area contributed by atoms with Crippen molar-refractivity contribution in [2.75, 3.05) is 6.54 Å². The van der Waals surface area contributed by atoms with Gasteiger partial charge < -0.3 is 5.32 Å². The van der Waals surface area contributed by atoms with Gasteiger partial charge in [0.15, 0.2) is 0 Å². The van der Waals surface area contributed by atoms with Crippen molar-refractivity contribution in [1.82, 2.24) is 5.32 Å². The largest absolute Gasteiger partial charge is 0.355 e. The van der Waals surface area contributed by atoms with E-state index < -0.39 is 0 Å². The highest BCUT2D eigenvalue weighted by Crippen LogP contribution is 2.35. The van der Waals surface area contributed by atoms with Crippen LogP contribution in [0.5, 0.6) is 0 Å². The molecule has 0 bridgehead atoms. The number of fused-ring (bicyclic) bond motifs is 1. The number of amides is 1. The van der Waals surface area contributed by atoms with E-state index in [1.54, 1.807) is 0 Å². The molecule has 1 atom stereocenters. The van der Waals surface area contributed by atoms with Gasteiger partial charge in [0.05, 0.1) is 0 Å². The highest BCUT2D eigenvalue weighted by Gasteiger charge is 2.32. The molecule has 1 amide bonds. The molecule has 2 aromatic rings. The fourth-order valence-corrected chi connectivity index (χ4v) is 2.84. The number of carbonyl (C=O) groups is 1. The Morgan fingerprint density at radius 3 is 2.67 bits per heavy atom. The molecule has 3 rings (SSSR count). The third-order valence-electron chi connectivity index (χ3n) is 4.02. The lowest BCUT2D eigenvalue weighted by Crippen LogP contribution is -2.44. The Morgan fingerprint density at radius 1 is 1.11 bits per heavy atom. The molecule has 1 fully saturated rings. The Bertz CT molecular complexity index is 588. The van der Waals surface area contributed by atoms with E-state index in [4.69, 9.17) is 0 Å². The summed E-state index contributed by atoms with van der Waals surface area (Å²) in [5.41, 5.74) is 1.40. The number of nitrogens with one attached hydrogen (secondary N) is 1. The summed E-state index contributed by atoms with van der Waals surface area (Å²) in [5, 5.41) is 5.57. The van der Waals surface area contributed by atoms with Gasteiger partial charge in [-0.1, -0.05) is 49.4 Å². The van der Waals surface area contributed by atoms with Crippen molar-refractivity contribution in [3.63, 3.8) is 0 Å². The van der Waals surface area contributed by atoms with Crippen molar-refractivity contribution < 1.29 is 4.79 Å². The van der Waals surface area contributed by atoms with E-state index in [9.17, 15) is 4.79 Å². The van der Waals surface area contributed by atoms with Gasteiger partial charge in [-0.2, -0.15) is 0 Å². The normalized spacial score (nSPS) is 23.9. The fourth-order valence-electron chi connectivity index (χ4n) is 2.84. The van der Waals surface area contributed by atoms with Crippen LogP contribution in [-0.2, 0) is 10.2 Å². The Morgan fingerprint density at radius 2 is 1.89 bits per heavy atom. The number of piperidine rings is 1. The van der Waals surface area contributed by atoms with Crippen molar-refractivity contribution in [2.45, 2.75) is 25.2 Å². The molecule has 0 spiro atoms. The van der Waals surface area contributed by atoms with Gasteiger partial charge in [0.25, 0.3) is 0 Å². The minimum Gasteiger partial charge on any atom is -0.355 e. The zero-order valence-corrected chi connectivity index (χ0v) is 10.6. The summed E-state index contributed by atoms with van der Waals surface area (Å²) in [5.74, 6) is 0.174. The number of rotatable bonds is 1. The van der Waals surface area contributed by atoms with E-state index in [1.807, 2.05) is 0 Å². The smallest absolute Gasteiger partial charge is 0.220 e. The molecule has 1 heterocycles. The maximum atomic E-state index is 11.3. The molecular weight excluding hydrogens is 222 g/mol. The summed E-state index contributed by atoms with van der Waals surface area (Å²) < 4.78 is 0. The number of benzene rings is 2. The second-order valence-electron chi connectivity index (χ2n) is 5.36. The summed E-state index contributed by atoms with van der Waals surface area (Å²) in [6.07, 6.45) is 1.55. The Hall–Kier alpha value is -1.83. The lowest BCUT2D eigenvalue weighted by molar-refractivity contribution is -0.123. The quantitative estimate of drug-likeness (QED) is 0.814. The molecule has 18 heavy (non-hydrogen) atoms. The third-order valence-corrected chi connectivity index (χ3v) is 4.02. The molecule has 1 aliphatic rings. The van der Waals surface area contributed by atoms with Gasteiger partial charge in [-0.25, -0.2) is 0 Å². The molecule has 92 valence electrons. The maximum absolute atomic E-state index is 11.3. The van der Waals surface area contributed by atoms with Crippen LogP contribution in [0.25, 0.3) is 10.8 Å². The van der Waals surface area contributed by atoms with E-state index >= 15 is 0 Å². The second kappa shape index (κ2) is 4.13. The van der Waals surface area contributed by atoms with Crippen LogP contribution in [-0.4, -0.2) is 12.5 Å². The molecule has 0 aliphatic carbocycles. The highest BCUT2D eigenvalue weighted by molar-refractivity contribution is 5.87. The Balaban J connectivity index is 2.11. The zero-order chi connectivity index (χ0) is 12.6. The molecule has 1 aliphatic heterocycles. The Labute approximate surface area is 107 Å². The predicted molar refractivity (Wildman–Crippen MR) is 73.5 cm³/mol. The number of carbonyl (C=O) groups excluding carboxylic acids is 1. The molecule has 2 nitrogen and oxygen atoms in total. The van der Waals surface area contributed by atoms with E-state index in [1.165, 1.54) is 16.3 Å². The van der Waals surface area contributed by atoms with Gasteiger partial charge in [0, 0.05) is 18.4 Å². The van der Waals surface area contributed by atoms with Gasteiger partial charge in [0.1, 0.15) is 0 Å². The van der Waals surface area contributed by atoms with Crippen LogP contribution >= 0.6 is 0 Å². The van der Waals surface area contributed by atoms with Crippen molar-refractivity contribution in [1.29, 1.82) is 0 Å². The first-order valence-electron chi connectivity index (χ1n) is 6.44. The SMILES string of the molecule is CC1(c2cccc3ccccc23)CCC(=O)NC1. The van der Waals surface area contributed by atoms with E-state index in [2.05, 4.69) is 54.7 Å². The van der Waals surface area contributed by atoms with Crippen LogP contribution in [0.3, 0.4) is 0 Å². The first kappa shape index (κ1) is 11.3.